The van der Waals surface area contributed by atoms with Gasteiger partial charge in [-0.25, -0.2) is 4.98 Å². The van der Waals surface area contributed by atoms with Gasteiger partial charge in [-0.1, -0.05) is 52.1 Å². The molecule has 1 aliphatic carbocycles. The molecule has 0 unspecified atom stereocenters. The summed E-state index contributed by atoms with van der Waals surface area (Å²) < 4.78 is 15.0. The second-order valence-corrected chi connectivity index (χ2v) is 6.11. The average molecular weight is 345 g/mol. The van der Waals surface area contributed by atoms with Crippen LogP contribution in [0.5, 0.6) is 5.75 Å². The molecule has 0 saturated heterocycles. The van der Waals surface area contributed by atoms with Crippen molar-refractivity contribution in [3.8, 4) is 28.3 Å². The Morgan fingerprint density at radius 2 is 1.62 bits per heavy atom. The summed E-state index contributed by atoms with van der Waals surface area (Å²) in [5.41, 5.74) is 4.83. The first-order chi connectivity index (χ1) is 12.7. The first kappa shape index (κ1) is 14.7. The molecule has 1 heterocycles. The summed E-state index contributed by atoms with van der Waals surface area (Å²) in [6, 6.07) is 17.3. The molecule has 4 aromatic rings. The minimum absolute atomic E-state index is 0.0282. The Morgan fingerprint density at radius 3 is 2.42 bits per heavy atom. The van der Waals surface area contributed by atoms with Crippen molar-refractivity contribution in [2.45, 2.75) is 0 Å². The minimum atomic E-state index is 0.0282. The van der Waals surface area contributed by atoms with Crippen molar-refractivity contribution >= 4 is 16.7 Å². The summed E-state index contributed by atoms with van der Waals surface area (Å²) in [6.45, 7) is 0. The van der Waals surface area contributed by atoms with E-state index in [0.717, 1.165) is 22.3 Å². The van der Waals surface area contributed by atoms with Gasteiger partial charge in [0.2, 0.25) is 0 Å². The molecule has 1 aromatic heterocycles. The Kier molecular flexibility index (Phi) is 2.91. The van der Waals surface area contributed by atoms with Crippen LogP contribution in [0.1, 0.15) is 11.1 Å². The van der Waals surface area contributed by atoms with Gasteiger partial charge in [-0.2, -0.15) is 4.79 Å². The number of imidazole rings is 1. The van der Waals surface area contributed by atoms with Gasteiger partial charge >= 0.3 is 0 Å². The maximum atomic E-state index is 15.0. The van der Waals surface area contributed by atoms with Crippen molar-refractivity contribution in [2.24, 2.45) is 5.16 Å². The molecule has 0 spiro atoms. The third kappa shape index (κ3) is 1.84. The number of hydrogen-bond donors (Lipinski definition) is 2. The first-order valence-electron chi connectivity index (χ1n) is 8.02. The van der Waals surface area contributed by atoms with Gasteiger partial charge in [0.15, 0.2) is 5.82 Å². The number of aromatic hydroxyl groups is 1. The molecule has 0 aliphatic heterocycles. The Balaban J connectivity index is 1.85. The smallest absolute Gasteiger partial charge is 0.171 e. The lowest BCUT2D eigenvalue weighted by molar-refractivity contribution is 0.320. The minimum Gasteiger partial charge on any atom is -0.508 e. The SMILES string of the molecule is O/N=C1/c2ccccc2-c2c1cccc2-c1nc2cc(O)ccc2n1F. The zero-order chi connectivity index (χ0) is 17.8. The normalized spacial score (nSPS) is 14.0. The molecule has 1 aliphatic rings. The van der Waals surface area contributed by atoms with Crippen LogP contribution in [0.2, 0.25) is 0 Å². The van der Waals surface area contributed by atoms with E-state index in [1.807, 2.05) is 30.3 Å². The maximum Gasteiger partial charge on any atom is 0.171 e. The van der Waals surface area contributed by atoms with E-state index < -0.39 is 0 Å². The van der Waals surface area contributed by atoms with Crippen molar-refractivity contribution < 1.29 is 14.8 Å². The van der Waals surface area contributed by atoms with Crippen molar-refractivity contribution in [1.29, 1.82) is 0 Å². The van der Waals surface area contributed by atoms with Gasteiger partial charge < -0.3 is 10.3 Å². The van der Waals surface area contributed by atoms with Gasteiger partial charge in [-0.15, -0.1) is 0 Å². The third-order valence-electron chi connectivity index (χ3n) is 4.69. The molecular weight excluding hydrogens is 333 g/mol. The zero-order valence-electron chi connectivity index (χ0n) is 13.4. The number of benzene rings is 3. The van der Waals surface area contributed by atoms with Gasteiger partial charge in [0.25, 0.3) is 0 Å². The van der Waals surface area contributed by atoms with Crippen molar-refractivity contribution in [2.75, 3.05) is 0 Å². The van der Waals surface area contributed by atoms with E-state index in [2.05, 4.69) is 10.1 Å². The number of nitrogens with zero attached hydrogens (tertiary/aromatic N) is 3. The van der Waals surface area contributed by atoms with E-state index in [1.165, 1.54) is 18.2 Å². The fourth-order valence-corrected chi connectivity index (χ4v) is 3.59. The highest BCUT2D eigenvalue weighted by molar-refractivity contribution is 6.26. The molecule has 0 saturated carbocycles. The second-order valence-electron chi connectivity index (χ2n) is 6.11. The number of oxime groups is 1. The molecule has 0 radical (unpaired) electrons. The van der Waals surface area contributed by atoms with E-state index in [-0.39, 0.29) is 17.1 Å². The van der Waals surface area contributed by atoms with Crippen molar-refractivity contribution in [3.05, 3.63) is 71.8 Å². The van der Waals surface area contributed by atoms with Crippen LogP contribution in [0.25, 0.3) is 33.5 Å². The van der Waals surface area contributed by atoms with Gasteiger partial charge in [0.1, 0.15) is 17.0 Å². The highest BCUT2D eigenvalue weighted by atomic mass is 19.2. The number of hydrogen-bond acceptors (Lipinski definition) is 4. The number of halogens is 1. The Hall–Kier alpha value is -3.67. The van der Waals surface area contributed by atoms with E-state index in [9.17, 15) is 14.8 Å². The summed E-state index contributed by atoms with van der Waals surface area (Å²) in [5.74, 6) is 0.164. The van der Waals surface area contributed by atoms with Crippen molar-refractivity contribution in [3.63, 3.8) is 0 Å². The summed E-state index contributed by atoms with van der Waals surface area (Å²) >= 11 is 0. The fourth-order valence-electron chi connectivity index (χ4n) is 3.59. The molecule has 6 heteroatoms. The summed E-state index contributed by atoms with van der Waals surface area (Å²) in [4.78, 5) is 4.89. The number of aromatic nitrogens is 2. The van der Waals surface area contributed by atoms with E-state index >= 15 is 0 Å². The molecule has 5 nitrogen and oxygen atoms in total. The molecule has 126 valence electrons. The number of rotatable bonds is 1. The van der Waals surface area contributed by atoms with Crippen LogP contribution in [0, 0.1) is 0 Å². The molecule has 0 bridgehead atoms. The molecule has 0 fully saturated rings. The highest BCUT2D eigenvalue weighted by Gasteiger charge is 2.29. The van der Waals surface area contributed by atoms with Gasteiger partial charge in [-0.3, -0.25) is 0 Å². The molecule has 0 atom stereocenters. The highest BCUT2D eigenvalue weighted by Crippen LogP contribution is 2.43. The van der Waals surface area contributed by atoms with Crippen LogP contribution in [0.4, 0.5) is 4.48 Å². The van der Waals surface area contributed by atoms with E-state index in [4.69, 9.17) is 0 Å². The predicted octanol–water partition coefficient (Wildman–Crippen LogP) is 4.35. The fraction of sp³-hybridized carbons (Fsp3) is 0. The molecule has 26 heavy (non-hydrogen) atoms. The van der Waals surface area contributed by atoms with Gasteiger partial charge in [0, 0.05) is 28.3 Å². The second kappa shape index (κ2) is 5.16. The van der Waals surface area contributed by atoms with Crippen LogP contribution in [-0.4, -0.2) is 25.8 Å². The van der Waals surface area contributed by atoms with Gasteiger partial charge in [0.05, 0.1) is 5.52 Å². The van der Waals surface area contributed by atoms with Crippen LogP contribution >= 0.6 is 0 Å². The quantitative estimate of drug-likeness (QED) is 0.350. The van der Waals surface area contributed by atoms with Crippen molar-refractivity contribution in [1.82, 2.24) is 9.77 Å². The Labute approximate surface area is 147 Å². The largest absolute Gasteiger partial charge is 0.508 e. The first-order valence-corrected chi connectivity index (χ1v) is 8.02. The average Bonchev–Trinajstić information content (AvgIpc) is 3.16. The number of fused-ring (bicyclic) bond motifs is 4. The van der Waals surface area contributed by atoms with Gasteiger partial charge in [-0.05, 0) is 17.7 Å². The molecule has 3 aromatic carbocycles. The Bertz CT molecular complexity index is 1230. The van der Waals surface area contributed by atoms with Crippen LogP contribution in [-0.2, 0) is 0 Å². The third-order valence-corrected chi connectivity index (χ3v) is 4.69. The predicted molar refractivity (Wildman–Crippen MR) is 96.2 cm³/mol. The number of phenolic OH excluding ortho intramolecular Hbond substituents is 1. The lowest BCUT2D eigenvalue weighted by atomic mass is 9.99. The maximum absolute atomic E-state index is 15.0. The summed E-state index contributed by atoms with van der Waals surface area (Å²) in [5, 5.41) is 22.6. The summed E-state index contributed by atoms with van der Waals surface area (Å²) in [6.07, 6.45) is 0. The van der Waals surface area contributed by atoms with Crippen LogP contribution in [0.3, 0.4) is 0 Å². The lowest BCUT2D eigenvalue weighted by Gasteiger charge is -2.07. The molecular formula is C20H12FN3O2. The summed E-state index contributed by atoms with van der Waals surface area (Å²) in [7, 11) is 0. The van der Waals surface area contributed by atoms with Crippen LogP contribution < -0.4 is 0 Å². The lowest BCUT2D eigenvalue weighted by Crippen LogP contribution is -1.98. The van der Waals surface area contributed by atoms with E-state index in [0.29, 0.717) is 21.6 Å². The standard InChI is InChI=1S/C20H12FN3O2/c21-24-17-9-8-11(25)10-16(17)22-20(24)15-7-3-6-14-18(15)12-4-1-2-5-13(12)19(14)23-26/h1-10,25-26H/b23-19-. The Morgan fingerprint density at radius 1 is 0.885 bits per heavy atom. The molecule has 5 rings (SSSR count). The molecule has 2 N–H and O–H groups in total. The zero-order valence-corrected chi connectivity index (χ0v) is 13.4. The number of phenols is 1. The molecule has 0 amide bonds. The topological polar surface area (TPSA) is 70.6 Å². The monoisotopic (exact) mass is 345 g/mol. The van der Waals surface area contributed by atoms with E-state index in [1.54, 1.807) is 12.1 Å². The van der Waals surface area contributed by atoms with Crippen LogP contribution in [0.15, 0.2) is 65.8 Å².